The molecule has 1 atom stereocenters. The predicted molar refractivity (Wildman–Crippen MR) is 117 cm³/mol. The van der Waals surface area contributed by atoms with Crippen LogP contribution in [0.1, 0.15) is 28.8 Å². The van der Waals surface area contributed by atoms with E-state index in [0.29, 0.717) is 17.7 Å². The minimum Gasteiger partial charge on any atom is -0.350 e. The zero-order valence-corrected chi connectivity index (χ0v) is 18.7. The molecule has 0 aliphatic carbocycles. The summed E-state index contributed by atoms with van der Waals surface area (Å²) < 4.78 is 27.9. The van der Waals surface area contributed by atoms with E-state index in [9.17, 15) is 18.0 Å². The number of carbonyl (C=O) groups is 1. The minimum absolute atomic E-state index is 0.0301. The maximum atomic E-state index is 12.7. The molecule has 158 valence electrons. The molecule has 0 spiro atoms. The molecule has 0 fully saturated rings. The zero-order valence-electron chi connectivity index (χ0n) is 17.0. The lowest BCUT2D eigenvalue weighted by Gasteiger charge is -2.18. The number of H-pyrrole nitrogens is 1. The van der Waals surface area contributed by atoms with Gasteiger partial charge in [-0.3, -0.25) is 9.59 Å². The van der Waals surface area contributed by atoms with Gasteiger partial charge in [-0.05, 0) is 63.0 Å². The van der Waals surface area contributed by atoms with Gasteiger partial charge in [-0.25, -0.2) is 8.42 Å². The number of aromatic nitrogens is 1. The number of hydrogen-bond acceptors (Lipinski definition) is 5. The number of thioether (sulfide) groups is 1. The van der Waals surface area contributed by atoms with Gasteiger partial charge in [0.05, 0.1) is 4.90 Å². The van der Waals surface area contributed by atoms with Crippen molar-refractivity contribution in [1.29, 1.82) is 0 Å². The first-order valence-corrected chi connectivity index (χ1v) is 12.1. The van der Waals surface area contributed by atoms with Crippen LogP contribution < -0.4 is 15.6 Å². The molecular weight excluding hydrogens is 410 g/mol. The van der Waals surface area contributed by atoms with Gasteiger partial charge >= 0.3 is 0 Å². The number of nitrogens with one attached hydrogen (secondary N) is 3. The van der Waals surface area contributed by atoms with Crippen molar-refractivity contribution in [2.45, 2.75) is 44.7 Å². The van der Waals surface area contributed by atoms with E-state index in [0.717, 1.165) is 16.8 Å². The molecule has 1 aromatic heterocycles. The Morgan fingerprint density at radius 1 is 1.17 bits per heavy atom. The molecule has 2 aromatic rings. The van der Waals surface area contributed by atoms with Crippen LogP contribution in [-0.2, 0) is 21.4 Å². The predicted octanol–water partition coefficient (Wildman–Crippen LogP) is 2.02. The van der Waals surface area contributed by atoms with Crippen LogP contribution in [0.25, 0.3) is 0 Å². The minimum atomic E-state index is -3.84. The molecule has 1 aromatic carbocycles. The van der Waals surface area contributed by atoms with Crippen LogP contribution in [0.5, 0.6) is 0 Å². The Labute approximate surface area is 175 Å². The van der Waals surface area contributed by atoms with Gasteiger partial charge in [0.2, 0.25) is 15.9 Å². The molecule has 1 amide bonds. The second-order valence-electron chi connectivity index (χ2n) is 6.93. The number of sulfonamides is 1. The Kier molecular flexibility index (Phi) is 8.06. The standard InChI is InChI=1S/C20H27N3O4S2/c1-13-5-7-16(8-6-13)29(26,27)23-18(9-10-28-4)20(25)21-12-17-14(2)11-15(3)22-19(17)24/h5-8,11,18,23H,9-10,12H2,1-4H3,(H,21,25)(H,22,24). The van der Waals surface area contributed by atoms with Gasteiger partial charge in [-0.15, -0.1) is 0 Å². The number of rotatable bonds is 9. The lowest BCUT2D eigenvalue weighted by Crippen LogP contribution is -2.47. The lowest BCUT2D eigenvalue weighted by atomic mass is 10.1. The van der Waals surface area contributed by atoms with Crippen LogP contribution in [-0.4, -0.2) is 37.4 Å². The van der Waals surface area contributed by atoms with Gasteiger partial charge in [0.1, 0.15) is 6.04 Å². The summed E-state index contributed by atoms with van der Waals surface area (Å²) in [5, 5.41) is 2.70. The van der Waals surface area contributed by atoms with Crippen LogP contribution in [0.2, 0.25) is 0 Å². The van der Waals surface area contributed by atoms with E-state index in [1.54, 1.807) is 26.0 Å². The van der Waals surface area contributed by atoms with E-state index >= 15 is 0 Å². The number of pyridine rings is 1. The third-order valence-electron chi connectivity index (χ3n) is 4.49. The molecule has 0 saturated carbocycles. The first kappa shape index (κ1) is 23.2. The van der Waals surface area contributed by atoms with Crippen LogP contribution in [0.15, 0.2) is 40.0 Å². The first-order chi connectivity index (χ1) is 13.6. The number of aromatic amines is 1. The summed E-state index contributed by atoms with van der Waals surface area (Å²) in [6, 6.07) is 7.33. The van der Waals surface area contributed by atoms with Gasteiger partial charge in [-0.1, -0.05) is 17.7 Å². The number of hydrogen-bond donors (Lipinski definition) is 3. The van der Waals surface area contributed by atoms with Crippen LogP contribution in [0, 0.1) is 20.8 Å². The quantitative estimate of drug-likeness (QED) is 0.556. The molecule has 7 nitrogen and oxygen atoms in total. The average molecular weight is 438 g/mol. The molecule has 0 radical (unpaired) electrons. The van der Waals surface area contributed by atoms with E-state index in [1.165, 1.54) is 23.9 Å². The first-order valence-electron chi connectivity index (χ1n) is 9.19. The highest BCUT2D eigenvalue weighted by Crippen LogP contribution is 2.12. The summed E-state index contributed by atoms with van der Waals surface area (Å²) in [4.78, 5) is 27.7. The highest BCUT2D eigenvalue weighted by atomic mass is 32.2. The number of amides is 1. The molecule has 29 heavy (non-hydrogen) atoms. The normalized spacial score (nSPS) is 12.6. The third-order valence-corrected chi connectivity index (χ3v) is 6.62. The fraction of sp³-hybridized carbons (Fsp3) is 0.400. The molecule has 2 rings (SSSR count). The van der Waals surface area contributed by atoms with Crippen LogP contribution >= 0.6 is 11.8 Å². The van der Waals surface area contributed by atoms with E-state index in [1.807, 2.05) is 19.2 Å². The lowest BCUT2D eigenvalue weighted by molar-refractivity contribution is -0.122. The van der Waals surface area contributed by atoms with Crippen molar-refractivity contribution in [2.75, 3.05) is 12.0 Å². The van der Waals surface area contributed by atoms with Gasteiger partial charge in [0.15, 0.2) is 0 Å². The number of benzene rings is 1. The Morgan fingerprint density at radius 2 is 1.83 bits per heavy atom. The summed E-state index contributed by atoms with van der Waals surface area (Å²) >= 11 is 1.52. The molecule has 1 heterocycles. The molecule has 9 heteroatoms. The molecule has 3 N–H and O–H groups in total. The van der Waals surface area contributed by atoms with E-state index in [-0.39, 0.29) is 17.0 Å². The van der Waals surface area contributed by atoms with Crippen molar-refractivity contribution in [2.24, 2.45) is 0 Å². The maximum absolute atomic E-state index is 12.7. The molecule has 0 saturated heterocycles. The highest BCUT2D eigenvalue weighted by molar-refractivity contribution is 7.98. The molecule has 0 aliphatic heterocycles. The molecule has 0 bridgehead atoms. The van der Waals surface area contributed by atoms with Crippen molar-refractivity contribution in [1.82, 2.24) is 15.0 Å². The van der Waals surface area contributed by atoms with Gasteiger partial charge in [-0.2, -0.15) is 16.5 Å². The Bertz CT molecular complexity index is 1020. The monoisotopic (exact) mass is 437 g/mol. The Balaban J connectivity index is 2.15. The van der Waals surface area contributed by atoms with Crippen LogP contribution in [0.4, 0.5) is 0 Å². The van der Waals surface area contributed by atoms with Crippen molar-refractivity contribution >= 4 is 27.7 Å². The third kappa shape index (κ3) is 6.45. The van der Waals surface area contributed by atoms with Gasteiger partial charge in [0, 0.05) is 17.8 Å². The van der Waals surface area contributed by atoms with E-state index in [2.05, 4.69) is 15.0 Å². The van der Waals surface area contributed by atoms with Crippen molar-refractivity contribution in [3.63, 3.8) is 0 Å². The SMILES string of the molecule is CSCCC(NS(=O)(=O)c1ccc(C)cc1)C(=O)NCc1c(C)cc(C)[nH]c1=O. The summed E-state index contributed by atoms with van der Waals surface area (Å²) in [5.41, 5.74) is 2.65. The van der Waals surface area contributed by atoms with E-state index in [4.69, 9.17) is 0 Å². The van der Waals surface area contributed by atoms with Gasteiger partial charge < -0.3 is 10.3 Å². The molecule has 0 aliphatic rings. The summed E-state index contributed by atoms with van der Waals surface area (Å²) in [5.74, 6) is 0.146. The fourth-order valence-electron chi connectivity index (χ4n) is 2.85. The Hall–Kier alpha value is -2.10. The topological polar surface area (TPSA) is 108 Å². The van der Waals surface area contributed by atoms with Crippen molar-refractivity contribution < 1.29 is 13.2 Å². The molecular formula is C20H27N3O4S2. The van der Waals surface area contributed by atoms with Gasteiger partial charge in [0.25, 0.3) is 5.56 Å². The average Bonchev–Trinajstić information content (AvgIpc) is 2.64. The van der Waals surface area contributed by atoms with Crippen molar-refractivity contribution in [3.8, 4) is 0 Å². The second-order valence-corrected chi connectivity index (χ2v) is 9.63. The largest absolute Gasteiger partial charge is 0.350 e. The summed E-state index contributed by atoms with van der Waals surface area (Å²) in [7, 11) is -3.84. The zero-order chi connectivity index (χ0) is 21.6. The maximum Gasteiger partial charge on any atom is 0.253 e. The Morgan fingerprint density at radius 3 is 2.41 bits per heavy atom. The van der Waals surface area contributed by atoms with E-state index < -0.39 is 22.0 Å². The second kappa shape index (κ2) is 10.1. The molecule has 1 unspecified atom stereocenters. The fourth-order valence-corrected chi connectivity index (χ4v) is 4.55. The highest BCUT2D eigenvalue weighted by Gasteiger charge is 2.25. The van der Waals surface area contributed by atoms with Crippen molar-refractivity contribution in [3.05, 3.63) is 63.1 Å². The number of aryl methyl sites for hydroxylation is 3. The number of carbonyl (C=O) groups excluding carboxylic acids is 1. The van der Waals surface area contributed by atoms with Crippen LogP contribution in [0.3, 0.4) is 0 Å². The smallest absolute Gasteiger partial charge is 0.253 e. The summed E-state index contributed by atoms with van der Waals surface area (Å²) in [6.07, 6.45) is 2.22. The summed E-state index contributed by atoms with van der Waals surface area (Å²) in [6.45, 7) is 5.49.